The van der Waals surface area contributed by atoms with Crippen LogP contribution in [0, 0.1) is 0 Å². The molecule has 0 heterocycles. The van der Waals surface area contributed by atoms with Gasteiger partial charge < -0.3 is 24.6 Å². The number of hydrogen-bond donors (Lipinski definition) is 1. The van der Waals surface area contributed by atoms with Crippen molar-refractivity contribution in [1.82, 2.24) is 15.1 Å². The lowest BCUT2D eigenvalue weighted by atomic mass is 10.3. The highest BCUT2D eigenvalue weighted by Crippen LogP contribution is 1.94. The van der Waals surface area contributed by atoms with Crippen molar-refractivity contribution in [3.05, 3.63) is 0 Å². The Morgan fingerprint density at radius 3 is 2.10 bits per heavy atom. The smallest absolute Gasteiger partial charge is 0.407 e. The van der Waals surface area contributed by atoms with Gasteiger partial charge >= 0.3 is 6.09 Å². The van der Waals surface area contributed by atoms with Gasteiger partial charge in [-0.2, -0.15) is 0 Å². The van der Waals surface area contributed by atoms with Gasteiger partial charge in [0.25, 0.3) is 0 Å². The third kappa shape index (κ3) is 17.1. The van der Waals surface area contributed by atoms with E-state index in [0.717, 1.165) is 52.0 Å². The van der Waals surface area contributed by atoms with E-state index in [1.165, 1.54) is 0 Å². The Kier molecular flexibility index (Phi) is 13.5. The highest BCUT2D eigenvalue weighted by atomic mass is 16.5. The van der Waals surface area contributed by atoms with E-state index >= 15 is 0 Å². The number of unbranched alkanes of at least 4 members (excludes halogenated alkanes) is 1. The Bertz CT molecular complexity index is 248. The second-order valence-electron chi connectivity index (χ2n) is 5.70. The topological polar surface area (TPSA) is 54.0 Å². The summed E-state index contributed by atoms with van der Waals surface area (Å²) in [5.74, 6) is 0. The van der Waals surface area contributed by atoms with Crippen molar-refractivity contribution >= 4 is 6.09 Å². The van der Waals surface area contributed by atoms with Crippen molar-refractivity contribution in [1.29, 1.82) is 0 Å². The Morgan fingerprint density at radius 2 is 1.43 bits per heavy atom. The second-order valence-corrected chi connectivity index (χ2v) is 5.70. The molecule has 0 aliphatic rings. The van der Waals surface area contributed by atoms with Crippen LogP contribution in [0.4, 0.5) is 4.79 Å². The minimum Gasteiger partial charge on any atom is -0.450 e. The van der Waals surface area contributed by atoms with Gasteiger partial charge in [0.15, 0.2) is 0 Å². The molecule has 1 amide bonds. The standard InChI is InChI=1S/C15H33N3O3/c1-17(2)10-7-9-16-15(19)21-14-6-5-12-20-13-8-11-18(3)4/h5-14H2,1-4H3,(H,16,19). The molecule has 0 fully saturated rings. The van der Waals surface area contributed by atoms with Gasteiger partial charge in [-0.3, -0.25) is 0 Å². The third-order valence-corrected chi connectivity index (χ3v) is 2.86. The first-order valence-corrected chi connectivity index (χ1v) is 7.80. The van der Waals surface area contributed by atoms with E-state index in [-0.39, 0.29) is 6.09 Å². The molecule has 0 saturated heterocycles. The first kappa shape index (κ1) is 20.1. The highest BCUT2D eigenvalue weighted by molar-refractivity contribution is 5.66. The zero-order valence-electron chi connectivity index (χ0n) is 14.2. The molecule has 0 radical (unpaired) electrons. The van der Waals surface area contributed by atoms with Crippen LogP contribution < -0.4 is 5.32 Å². The van der Waals surface area contributed by atoms with E-state index in [1.54, 1.807) is 0 Å². The maximum Gasteiger partial charge on any atom is 0.407 e. The van der Waals surface area contributed by atoms with E-state index in [1.807, 2.05) is 14.1 Å². The van der Waals surface area contributed by atoms with Crippen LogP contribution in [0.1, 0.15) is 25.7 Å². The van der Waals surface area contributed by atoms with Gasteiger partial charge in [-0.1, -0.05) is 0 Å². The summed E-state index contributed by atoms with van der Waals surface area (Å²) >= 11 is 0. The van der Waals surface area contributed by atoms with Crippen LogP contribution in [-0.2, 0) is 9.47 Å². The molecule has 0 aromatic rings. The van der Waals surface area contributed by atoms with Gasteiger partial charge in [0.2, 0.25) is 0 Å². The molecular weight excluding hydrogens is 270 g/mol. The Morgan fingerprint density at radius 1 is 0.857 bits per heavy atom. The van der Waals surface area contributed by atoms with Crippen LogP contribution in [0.2, 0.25) is 0 Å². The van der Waals surface area contributed by atoms with E-state index in [0.29, 0.717) is 13.2 Å². The van der Waals surface area contributed by atoms with Crippen molar-refractivity contribution in [3.63, 3.8) is 0 Å². The number of nitrogens with one attached hydrogen (secondary N) is 1. The summed E-state index contributed by atoms with van der Waals surface area (Å²) in [6.45, 7) is 4.67. The zero-order chi connectivity index (χ0) is 15.9. The van der Waals surface area contributed by atoms with Gasteiger partial charge in [0, 0.05) is 19.8 Å². The van der Waals surface area contributed by atoms with Gasteiger partial charge in [-0.15, -0.1) is 0 Å². The molecule has 21 heavy (non-hydrogen) atoms. The predicted octanol–water partition coefficient (Wildman–Crippen LogP) is 1.41. The molecular formula is C15H33N3O3. The molecule has 0 unspecified atom stereocenters. The molecule has 6 heteroatoms. The molecule has 6 nitrogen and oxygen atoms in total. The molecule has 0 aromatic carbocycles. The number of rotatable bonds is 13. The predicted molar refractivity (Wildman–Crippen MR) is 85.7 cm³/mol. The monoisotopic (exact) mass is 303 g/mol. The van der Waals surface area contributed by atoms with Crippen LogP contribution in [0.15, 0.2) is 0 Å². The number of carbonyl (C=O) groups excluding carboxylic acids is 1. The molecule has 0 aliphatic heterocycles. The second kappa shape index (κ2) is 14.1. The van der Waals surface area contributed by atoms with Crippen molar-refractivity contribution in [2.24, 2.45) is 0 Å². The van der Waals surface area contributed by atoms with Gasteiger partial charge in [0.05, 0.1) is 6.61 Å². The largest absolute Gasteiger partial charge is 0.450 e. The lowest BCUT2D eigenvalue weighted by molar-refractivity contribution is 0.110. The molecule has 0 saturated carbocycles. The fourth-order valence-corrected chi connectivity index (χ4v) is 1.69. The molecule has 0 spiro atoms. The zero-order valence-corrected chi connectivity index (χ0v) is 14.2. The fraction of sp³-hybridized carbons (Fsp3) is 0.933. The number of carbonyl (C=O) groups is 1. The molecule has 0 aromatic heterocycles. The summed E-state index contributed by atoms with van der Waals surface area (Å²) < 4.78 is 10.6. The SMILES string of the molecule is CN(C)CCCNC(=O)OCCCCOCCCN(C)C. The number of ether oxygens (including phenoxy) is 2. The number of hydrogen-bond acceptors (Lipinski definition) is 5. The summed E-state index contributed by atoms with van der Waals surface area (Å²) in [5.41, 5.74) is 0. The first-order valence-electron chi connectivity index (χ1n) is 7.80. The van der Waals surface area contributed by atoms with E-state index in [4.69, 9.17) is 9.47 Å². The van der Waals surface area contributed by atoms with Crippen LogP contribution in [0.5, 0.6) is 0 Å². The number of amides is 1. The van der Waals surface area contributed by atoms with Crippen molar-refractivity contribution in [3.8, 4) is 0 Å². The van der Waals surface area contributed by atoms with Crippen LogP contribution in [-0.4, -0.2) is 83.5 Å². The highest BCUT2D eigenvalue weighted by Gasteiger charge is 2.01. The van der Waals surface area contributed by atoms with E-state index < -0.39 is 0 Å². The molecule has 0 atom stereocenters. The summed E-state index contributed by atoms with van der Waals surface area (Å²) in [7, 11) is 8.15. The molecule has 0 rings (SSSR count). The minimum atomic E-state index is -0.319. The average molecular weight is 303 g/mol. The van der Waals surface area contributed by atoms with Crippen molar-refractivity contribution in [2.75, 3.05) is 67.6 Å². The van der Waals surface area contributed by atoms with Gasteiger partial charge in [-0.25, -0.2) is 4.79 Å². The lowest BCUT2D eigenvalue weighted by Gasteiger charge is -2.10. The average Bonchev–Trinajstić information content (AvgIpc) is 2.41. The Labute approximate surface area is 129 Å². The van der Waals surface area contributed by atoms with E-state index in [9.17, 15) is 4.79 Å². The van der Waals surface area contributed by atoms with Crippen molar-refractivity contribution < 1.29 is 14.3 Å². The van der Waals surface area contributed by atoms with Gasteiger partial charge in [0.1, 0.15) is 0 Å². The summed E-state index contributed by atoms with van der Waals surface area (Å²) in [4.78, 5) is 15.6. The first-order chi connectivity index (χ1) is 10.0. The number of alkyl carbamates (subject to hydrolysis) is 1. The maximum atomic E-state index is 11.3. The van der Waals surface area contributed by atoms with Gasteiger partial charge in [-0.05, 0) is 67.0 Å². The van der Waals surface area contributed by atoms with Crippen LogP contribution in [0.25, 0.3) is 0 Å². The van der Waals surface area contributed by atoms with Crippen LogP contribution in [0.3, 0.4) is 0 Å². The minimum absolute atomic E-state index is 0.319. The number of nitrogens with zero attached hydrogens (tertiary/aromatic N) is 2. The Balaban J connectivity index is 3.18. The molecule has 126 valence electrons. The Hall–Kier alpha value is -0.850. The maximum absolute atomic E-state index is 11.3. The quantitative estimate of drug-likeness (QED) is 0.521. The van der Waals surface area contributed by atoms with Crippen LogP contribution >= 0.6 is 0 Å². The normalized spacial score (nSPS) is 11.1. The summed E-state index contributed by atoms with van der Waals surface area (Å²) in [6, 6.07) is 0. The molecule has 0 aliphatic carbocycles. The third-order valence-electron chi connectivity index (χ3n) is 2.86. The van der Waals surface area contributed by atoms with Crippen molar-refractivity contribution in [2.45, 2.75) is 25.7 Å². The van der Waals surface area contributed by atoms with E-state index in [2.05, 4.69) is 29.2 Å². The molecule has 0 bridgehead atoms. The fourth-order valence-electron chi connectivity index (χ4n) is 1.69. The molecule has 1 N–H and O–H groups in total. The summed E-state index contributed by atoms with van der Waals surface area (Å²) in [6.07, 6.45) is 3.44. The lowest BCUT2D eigenvalue weighted by Crippen LogP contribution is -2.28. The summed E-state index contributed by atoms with van der Waals surface area (Å²) in [5, 5.41) is 2.74.